The number of nitrogens with one attached hydrogen (secondary N) is 2. The number of rotatable bonds is 5. The second kappa shape index (κ2) is 8.27. The third kappa shape index (κ3) is 5.08. The summed E-state index contributed by atoms with van der Waals surface area (Å²) in [5.41, 5.74) is 0.571. The number of carbonyl (C=O) groups is 1. The topological polar surface area (TPSA) is 101 Å². The highest BCUT2D eigenvalue weighted by Gasteiger charge is 2.22. The Bertz CT molecular complexity index is 1100. The maximum Gasteiger partial charge on any atom is 0.291 e. The lowest BCUT2D eigenvalue weighted by atomic mass is 10.2. The van der Waals surface area contributed by atoms with Gasteiger partial charge in [0.25, 0.3) is 20.3 Å². The van der Waals surface area contributed by atoms with Gasteiger partial charge in [-0.1, -0.05) is 34.5 Å². The monoisotopic (exact) mass is 554 g/mol. The second-order valence-corrected chi connectivity index (χ2v) is 9.99. The van der Waals surface area contributed by atoms with Crippen LogP contribution in [-0.2, 0) is 10.0 Å². The van der Waals surface area contributed by atoms with E-state index < -0.39 is 15.9 Å². The van der Waals surface area contributed by atoms with Gasteiger partial charge in [0.05, 0.1) is 10.6 Å². The van der Waals surface area contributed by atoms with Crippen molar-refractivity contribution in [1.82, 2.24) is 10.2 Å². The molecule has 0 saturated carbocycles. The van der Waals surface area contributed by atoms with Crippen molar-refractivity contribution in [2.45, 2.75) is 4.34 Å². The minimum Gasteiger partial charge on any atom is -0.296 e. The molecule has 0 spiro atoms. The van der Waals surface area contributed by atoms with Gasteiger partial charge in [-0.3, -0.25) is 14.8 Å². The van der Waals surface area contributed by atoms with Crippen molar-refractivity contribution in [3.05, 3.63) is 61.6 Å². The molecule has 0 aliphatic rings. The minimum atomic E-state index is -3.92. The quantitative estimate of drug-likeness (QED) is 0.357. The molecule has 0 saturated heterocycles. The van der Waals surface area contributed by atoms with E-state index >= 15 is 0 Å². The van der Waals surface area contributed by atoms with Crippen LogP contribution in [0.2, 0.25) is 10.0 Å². The fraction of sp³-hybridized carbons (Fsp3) is 0. The Labute approximate surface area is 182 Å². The molecule has 0 unspecified atom stereocenters. The van der Waals surface area contributed by atoms with Gasteiger partial charge in [-0.25, -0.2) is 0 Å². The number of hydrogen-bond acceptors (Lipinski definition) is 6. The summed E-state index contributed by atoms with van der Waals surface area (Å²) in [6.07, 6.45) is 0. The van der Waals surface area contributed by atoms with Crippen LogP contribution >= 0.6 is 57.1 Å². The molecule has 7 nitrogen and oxygen atoms in total. The summed E-state index contributed by atoms with van der Waals surface area (Å²) in [5.74, 6) is -0.553. The number of carbonyl (C=O) groups excluding carboxylic acids is 1. The zero-order valence-electron chi connectivity index (χ0n) is 13.1. The SMILES string of the molecule is O=C(Nc1nnc(S(=O)(=O)Nc2ccc(I)cc2)s1)c1ccc(Cl)cc1Cl. The Hall–Kier alpha value is -1.47. The van der Waals surface area contributed by atoms with E-state index in [1.54, 1.807) is 24.3 Å². The molecule has 140 valence electrons. The van der Waals surface area contributed by atoms with Gasteiger partial charge in [-0.05, 0) is 65.1 Å². The Morgan fingerprint density at radius 3 is 2.44 bits per heavy atom. The molecule has 12 heteroatoms. The van der Waals surface area contributed by atoms with Crippen LogP contribution in [0.1, 0.15) is 10.4 Å². The standard InChI is InChI=1S/C15H9Cl2IN4O3S2/c16-8-1-6-11(12(17)7-8)13(23)19-14-20-21-15(26-14)27(24,25)22-10-4-2-9(18)3-5-10/h1-7,22H,(H,19,20,23). The molecule has 1 amide bonds. The highest BCUT2D eigenvalue weighted by molar-refractivity contribution is 14.1. The van der Waals surface area contributed by atoms with Crippen LogP contribution in [0.3, 0.4) is 0 Å². The van der Waals surface area contributed by atoms with E-state index in [4.69, 9.17) is 23.2 Å². The van der Waals surface area contributed by atoms with Gasteiger partial charge in [0.2, 0.25) is 5.13 Å². The predicted octanol–water partition coefficient (Wildman–Crippen LogP) is 4.50. The number of nitrogens with zero attached hydrogens (tertiary/aromatic N) is 2. The molecule has 3 aromatic rings. The summed E-state index contributed by atoms with van der Waals surface area (Å²) in [5, 5.41) is 10.4. The molecular formula is C15H9Cl2IN4O3S2. The van der Waals surface area contributed by atoms with E-state index in [0.29, 0.717) is 10.7 Å². The molecule has 1 heterocycles. The molecule has 2 aromatic carbocycles. The molecule has 0 aliphatic heterocycles. The van der Waals surface area contributed by atoms with E-state index in [0.717, 1.165) is 14.9 Å². The van der Waals surface area contributed by atoms with Gasteiger partial charge in [-0.15, -0.1) is 10.2 Å². The van der Waals surface area contributed by atoms with Crippen LogP contribution in [0, 0.1) is 3.57 Å². The summed E-state index contributed by atoms with van der Waals surface area (Å²) in [6, 6.07) is 11.2. The van der Waals surface area contributed by atoms with E-state index in [1.165, 1.54) is 18.2 Å². The Kier molecular flexibility index (Phi) is 6.21. The molecule has 0 aliphatic carbocycles. The van der Waals surface area contributed by atoms with E-state index in [1.807, 2.05) is 0 Å². The summed E-state index contributed by atoms with van der Waals surface area (Å²) >= 11 is 14.6. The maximum absolute atomic E-state index is 12.4. The zero-order chi connectivity index (χ0) is 19.6. The average molecular weight is 555 g/mol. The van der Waals surface area contributed by atoms with Crippen LogP contribution in [0.5, 0.6) is 0 Å². The Balaban J connectivity index is 1.75. The smallest absolute Gasteiger partial charge is 0.291 e. The minimum absolute atomic E-state index is 0.0222. The number of benzene rings is 2. The third-order valence-electron chi connectivity index (χ3n) is 3.13. The lowest BCUT2D eigenvalue weighted by Gasteiger charge is -2.05. The summed E-state index contributed by atoms with van der Waals surface area (Å²) in [6.45, 7) is 0. The first kappa shape index (κ1) is 20.3. The highest BCUT2D eigenvalue weighted by Crippen LogP contribution is 2.25. The molecule has 0 atom stereocenters. The lowest BCUT2D eigenvalue weighted by molar-refractivity contribution is 0.102. The van der Waals surface area contributed by atoms with E-state index in [2.05, 4.69) is 42.8 Å². The van der Waals surface area contributed by atoms with E-state index in [9.17, 15) is 13.2 Å². The van der Waals surface area contributed by atoms with Crippen LogP contribution in [0.4, 0.5) is 10.8 Å². The van der Waals surface area contributed by atoms with Gasteiger partial charge >= 0.3 is 0 Å². The second-order valence-electron chi connectivity index (χ2n) is 5.06. The summed E-state index contributed by atoms with van der Waals surface area (Å²) in [7, 11) is -3.92. The highest BCUT2D eigenvalue weighted by atomic mass is 127. The van der Waals surface area contributed by atoms with Gasteiger partial charge < -0.3 is 0 Å². The van der Waals surface area contributed by atoms with Gasteiger partial charge in [0.1, 0.15) is 0 Å². The zero-order valence-corrected chi connectivity index (χ0v) is 18.4. The Morgan fingerprint density at radius 1 is 1.07 bits per heavy atom. The number of sulfonamides is 1. The number of aromatic nitrogens is 2. The van der Waals surface area contributed by atoms with Crippen LogP contribution in [-0.4, -0.2) is 24.5 Å². The first-order valence-corrected chi connectivity index (χ1v) is 11.3. The summed E-state index contributed by atoms with van der Waals surface area (Å²) < 4.78 is 27.9. The molecule has 2 N–H and O–H groups in total. The van der Waals surface area contributed by atoms with Crippen molar-refractivity contribution in [2.24, 2.45) is 0 Å². The van der Waals surface area contributed by atoms with Crippen molar-refractivity contribution < 1.29 is 13.2 Å². The van der Waals surface area contributed by atoms with Crippen molar-refractivity contribution in [2.75, 3.05) is 10.0 Å². The first-order chi connectivity index (χ1) is 12.7. The number of anilines is 2. The molecular weight excluding hydrogens is 546 g/mol. The van der Waals surface area contributed by atoms with Crippen LogP contribution < -0.4 is 10.0 Å². The van der Waals surface area contributed by atoms with Crippen molar-refractivity contribution in [1.29, 1.82) is 0 Å². The molecule has 0 fully saturated rings. The van der Waals surface area contributed by atoms with Gasteiger partial charge in [0, 0.05) is 14.3 Å². The van der Waals surface area contributed by atoms with Gasteiger partial charge in [0.15, 0.2) is 0 Å². The fourth-order valence-corrected chi connectivity index (χ4v) is 4.73. The molecule has 0 bridgehead atoms. The van der Waals surface area contributed by atoms with Crippen molar-refractivity contribution in [3.63, 3.8) is 0 Å². The lowest BCUT2D eigenvalue weighted by Crippen LogP contribution is -2.12. The molecule has 27 heavy (non-hydrogen) atoms. The third-order valence-corrected chi connectivity index (χ3v) is 6.98. The van der Waals surface area contributed by atoms with Crippen molar-refractivity contribution in [3.8, 4) is 0 Å². The molecule has 0 radical (unpaired) electrons. The maximum atomic E-state index is 12.4. The normalized spacial score (nSPS) is 11.2. The Morgan fingerprint density at radius 2 is 1.78 bits per heavy atom. The van der Waals surface area contributed by atoms with E-state index in [-0.39, 0.29) is 20.1 Å². The number of amides is 1. The average Bonchev–Trinajstić information content (AvgIpc) is 3.06. The van der Waals surface area contributed by atoms with Crippen molar-refractivity contribution >= 4 is 83.9 Å². The fourth-order valence-electron chi connectivity index (χ4n) is 1.92. The molecule has 3 rings (SSSR count). The number of halogens is 3. The van der Waals surface area contributed by atoms with Gasteiger partial charge in [-0.2, -0.15) is 8.42 Å². The van der Waals surface area contributed by atoms with Crippen LogP contribution in [0.15, 0.2) is 46.8 Å². The number of hydrogen-bond donors (Lipinski definition) is 2. The van der Waals surface area contributed by atoms with Crippen LogP contribution in [0.25, 0.3) is 0 Å². The molecule has 1 aromatic heterocycles. The first-order valence-electron chi connectivity index (χ1n) is 7.13. The summed E-state index contributed by atoms with van der Waals surface area (Å²) in [4.78, 5) is 12.3. The largest absolute Gasteiger partial charge is 0.296 e. The predicted molar refractivity (Wildman–Crippen MR) is 114 cm³/mol.